The zero-order valence-electron chi connectivity index (χ0n) is 14.9. The van der Waals surface area contributed by atoms with E-state index in [-0.39, 0.29) is 19.2 Å². The van der Waals surface area contributed by atoms with E-state index in [1.54, 1.807) is 24.3 Å². The summed E-state index contributed by atoms with van der Waals surface area (Å²) >= 11 is 0. The van der Waals surface area contributed by atoms with Crippen LogP contribution in [0, 0.1) is 0 Å². The third-order valence-electron chi connectivity index (χ3n) is 4.46. The lowest BCUT2D eigenvalue weighted by atomic mass is 10.1. The van der Waals surface area contributed by atoms with Crippen LogP contribution < -0.4 is 15.6 Å². The molecule has 1 aromatic carbocycles. The van der Waals surface area contributed by atoms with Gasteiger partial charge in [0, 0.05) is 13.1 Å². The van der Waals surface area contributed by atoms with Crippen LogP contribution in [-0.4, -0.2) is 54.9 Å². The van der Waals surface area contributed by atoms with Crippen LogP contribution in [0.25, 0.3) is 0 Å². The lowest BCUT2D eigenvalue weighted by Gasteiger charge is -2.30. The zero-order valence-corrected chi connectivity index (χ0v) is 15.7. The number of nitrogens with zero attached hydrogens (tertiary/aromatic N) is 2. The summed E-state index contributed by atoms with van der Waals surface area (Å²) in [6, 6.07) is 8.94. The number of para-hydroxylation sites is 1. The van der Waals surface area contributed by atoms with E-state index >= 15 is 0 Å². The predicted octanol–water partition coefficient (Wildman–Crippen LogP) is 0.0719. The lowest BCUT2D eigenvalue weighted by Crippen LogP contribution is -2.77. The molecular formula is C16H18F3N4O5S+. The molecule has 1 saturated heterocycles. The second-order valence-electron chi connectivity index (χ2n) is 6.32. The number of nitrogens with two attached hydrogens (primary N) is 1. The molecule has 1 aromatic rings. The van der Waals surface area contributed by atoms with Gasteiger partial charge in [-0.1, -0.05) is 23.3 Å². The lowest BCUT2D eigenvalue weighted by molar-refractivity contribution is -0.599. The molecule has 2 aliphatic rings. The van der Waals surface area contributed by atoms with E-state index in [1.165, 1.54) is 0 Å². The van der Waals surface area contributed by atoms with Gasteiger partial charge in [-0.15, -0.1) is 0 Å². The molecule has 0 atom stereocenters. The fourth-order valence-corrected chi connectivity index (χ4v) is 4.68. The first-order valence-corrected chi connectivity index (χ1v) is 9.97. The minimum Gasteiger partial charge on any atom is -0.490 e. The Morgan fingerprint density at radius 1 is 1.24 bits per heavy atom. The normalized spacial score (nSPS) is 19.2. The Hall–Kier alpha value is -2.48. The molecule has 0 aliphatic carbocycles. The van der Waals surface area contributed by atoms with Crippen molar-refractivity contribution in [3.05, 3.63) is 40.9 Å². The number of benzene rings is 1. The average molecular weight is 435 g/mol. The number of ether oxygens (including phenoxy) is 1. The summed E-state index contributed by atoms with van der Waals surface area (Å²) in [4.78, 5) is 11.7. The molecule has 0 bridgehead atoms. The number of sulfonamides is 1. The molecule has 1 fully saturated rings. The molecule has 3 rings (SSSR count). The molecular weight excluding hydrogens is 417 g/mol. The number of halogens is 3. The van der Waals surface area contributed by atoms with E-state index in [2.05, 4.69) is 5.10 Å². The molecule has 2 heterocycles. The summed E-state index contributed by atoms with van der Waals surface area (Å²) in [5.41, 5.74) is -1.38. The number of carbonyl (C=O) groups excluding carboxylic acids is 1. The molecule has 1 amide bonds. The molecule has 4 N–H and O–H groups in total. The number of alkyl halides is 3. The van der Waals surface area contributed by atoms with E-state index < -0.39 is 38.4 Å². The Morgan fingerprint density at radius 3 is 2.41 bits per heavy atom. The number of carbonyl (C=O) groups is 1. The van der Waals surface area contributed by atoms with Crippen molar-refractivity contribution in [2.75, 3.05) is 13.1 Å². The summed E-state index contributed by atoms with van der Waals surface area (Å²) in [6.45, 7) is -0.0148. The number of rotatable bonds is 5. The highest BCUT2D eigenvalue weighted by Gasteiger charge is 2.52. The summed E-state index contributed by atoms with van der Waals surface area (Å²) in [5.74, 6) is -0.971. The number of hydrogen-bond donors (Lipinski definition) is 3. The van der Waals surface area contributed by atoms with Crippen LogP contribution in [0.5, 0.6) is 5.75 Å². The van der Waals surface area contributed by atoms with Crippen molar-refractivity contribution in [3.63, 3.8) is 0 Å². The molecule has 0 radical (unpaired) electrons. The highest BCUT2D eigenvalue weighted by Crippen LogP contribution is 2.28. The van der Waals surface area contributed by atoms with Crippen LogP contribution in [0.2, 0.25) is 0 Å². The summed E-state index contributed by atoms with van der Waals surface area (Å²) < 4.78 is 71.7. The second kappa shape index (κ2) is 8.10. The molecule has 9 nitrogen and oxygen atoms in total. The van der Waals surface area contributed by atoms with Crippen LogP contribution in [0.1, 0.15) is 12.8 Å². The highest BCUT2D eigenvalue weighted by molar-refractivity contribution is 7.92. The number of nitrogens with one attached hydrogen (secondary N) is 1. The molecule has 158 valence electrons. The van der Waals surface area contributed by atoms with Crippen molar-refractivity contribution in [1.82, 2.24) is 9.79 Å². The van der Waals surface area contributed by atoms with Crippen molar-refractivity contribution in [2.45, 2.75) is 25.1 Å². The van der Waals surface area contributed by atoms with Gasteiger partial charge in [0.25, 0.3) is 21.0 Å². The van der Waals surface area contributed by atoms with Crippen LogP contribution in [0.15, 0.2) is 46.0 Å². The second-order valence-corrected chi connectivity index (χ2v) is 8.23. The van der Waals surface area contributed by atoms with Crippen molar-refractivity contribution in [2.24, 2.45) is 5.10 Å². The maximum Gasteiger partial charge on any atom is 0.439 e. The Labute approximate surface area is 163 Å². The van der Waals surface area contributed by atoms with E-state index in [9.17, 15) is 26.4 Å². The summed E-state index contributed by atoms with van der Waals surface area (Å²) in [5, 5.41) is 10.9. The van der Waals surface area contributed by atoms with Crippen LogP contribution >= 0.6 is 0 Å². The topological polar surface area (TPSA) is 125 Å². The van der Waals surface area contributed by atoms with Gasteiger partial charge in [-0.05, 0) is 25.0 Å². The Balaban J connectivity index is 1.77. The van der Waals surface area contributed by atoms with Gasteiger partial charge in [-0.25, -0.2) is 13.9 Å². The van der Waals surface area contributed by atoms with Gasteiger partial charge in [-0.2, -0.15) is 22.9 Å². The molecule has 29 heavy (non-hydrogen) atoms. The van der Waals surface area contributed by atoms with Gasteiger partial charge in [0.15, 0.2) is 5.57 Å². The number of quaternary nitrogens is 1. The van der Waals surface area contributed by atoms with Gasteiger partial charge in [0.1, 0.15) is 11.9 Å². The van der Waals surface area contributed by atoms with Crippen molar-refractivity contribution in [3.8, 4) is 5.75 Å². The molecule has 0 aromatic heterocycles. The number of hydroxylamine groups is 1. The number of amides is 1. The minimum absolute atomic E-state index is 0.00739. The van der Waals surface area contributed by atoms with Gasteiger partial charge >= 0.3 is 6.18 Å². The predicted molar refractivity (Wildman–Crippen MR) is 93.0 cm³/mol. The van der Waals surface area contributed by atoms with Gasteiger partial charge in [0.2, 0.25) is 5.71 Å². The Bertz CT molecular complexity index is 939. The summed E-state index contributed by atoms with van der Waals surface area (Å²) in [7, 11) is -4.44. The largest absolute Gasteiger partial charge is 0.490 e. The van der Waals surface area contributed by atoms with E-state index in [4.69, 9.17) is 9.94 Å². The van der Waals surface area contributed by atoms with Crippen molar-refractivity contribution in [1.29, 1.82) is 0 Å². The first-order chi connectivity index (χ1) is 13.6. The van der Waals surface area contributed by atoms with Crippen molar-refractivity contribution < 1.29 is 41.8 Å². The van der Waals surface area contributed by atoms with Crippen LogP contribution in [0.3, 0.4) is 0 Å². The molecule has 0 saturated carbocycles. The van der Waals surface area contributed by atoms with Gasteiger partial charge in [-0.3, -0.25) is 10.0 Å². The monoisotopic (exact) mass is 435 g/mol. The SMILES string of the molecule is O=C(NO)C1=C(S(=O)(=O)N2CCC(Oc3ccccc3)CC2)[NH2+]N=C1C(F)(F)F. The van der Waals surface area contributed by atoms with Crippen LogP contribution in [-0.2, 0) is 14.8 Å². The maximum atomic E-state index is 13.1. The Morgan fingerprint density at radius 2 is 1.86 bits per heavy atom. The molecule has 0 spiro atoms. The first-order valence-electron chi connectivity index (χ1n) is 8.53. The van der Waals surface area contributed by atoms with Crippen LogP contribution in [0.4, 0.5) is 13.2 Å². The third kappa shape index (κ3) is 4.42. The standard InChI is InChI=1S/C16H17F3N4O5S/c17-16(18,19)13-12(14(24)22-25)15(21-20-13)29(26,27)23-8-6-11(7-9-23)28-10-4-2-1-3-5-10/h1-5,11,25H,6-9H2,(H,20,21)(H,22,24)/p+1. The smallest absolute Gasteiger partial charge is 0.439 e. The number of piperidine rings is 1. The van der Waals surface area contributed by atoms with Crippen molar-refractivity contribution >= 4 is 21.6 Å². The molecule has 0 unspecified atom stereocenters. The van der Waals surface area contributed by atoms with Gasteiger partial charge in [0.05, 0.1) is 0 Å². The van der Waals surface area contributed by atoms with E-state index in [0.717, 1.165) is 9.79 Å². The first kappa shape index (κ1) is 21.2. The Kier molecular flexibility index (Phi) is 5.93. The molecule has 13 heteroatoms. The van der Waals surface area contributed by atoms with Gasteiger partial charge < -0.3 is 4.74 Å². The molecule has 2 aliphatic heterocycles. The van der Waals surface area contributed by atoms with E-state index in [1.807, 2.05) is 6.07 Å². The highest BCUT2D eigenvalue weighted by atomic mass is 32.2. The third-order valence-corrected chi connectivity index (χ3v) is 6.37. The number of hydrogen-bond acceptors (Lipinski definition) is 6. The quantitative estimate of drug-likeness (QED) is 0.343. The maximum absolute atomic E-state index is 13.1. The van der Waals surface area contributed by atoms with E-state index in [0.29, 0.717) is 24.0 Å². The fourth-order valence-electron chi connectivity index (χ4n) is 3.08. The fraction of sp³-hybridized carbons (Fsp3) is 0.375. The summed E-state index contributed by atoms with van der Waals surface area (Å²) in [6.07, 6.45) is -4.69. The zero-order chi connectivity index (χ0) is 21.2. The minimum atomic E-state index is -5.06. The average Bonchev–Trinajstić information content (AvgIpc) is 3.15.